The highest BCUT2D eigenvalue weighted by molar-refractivity contribution is 7.93. The van der Waals surface area contributed by atoms with Crippen LogP contribution in [-0.2, 0) is 10.0 Å². The summed E-state index contributed by atoms with van der Waals surface area (Å²) < 4.78 is 25.6. The number of nitrogens with one attached hydrogen (secondary N) is 1. The molecule has 2 aliphatic rings. The van der Waals surface area contributed by atoms with Gasteiger partial charge in [0.15, 0.2) is 0 Å². The first-order chi connectivity index (χ1) is 12.0. The number of rotatable bonds is 5. The Morgan fingerprint density at radius 2 is 2.00 bits per heavy atom. The van der Waals surface area contributed by atoms with E-state index < -0.39 is 10.0 Å². The molecule has 2 aliphatic heterocycles. The van der Waals surface area contributed by atoms with Gasteiger partial charge in [0.1, 0.15) is 0 Å². The van der Waals surface area contributed by atoms with Crippen molar-refractivity contribution < 1.29 is 13.2 Å². The van der Waals surface area contributed by atoms with Crippen molar-refractivity contribution in [2.45, 2.75) is 26.2 Å². The van der Waals surface area contributed by atoms with Gasteiger partial charge in [-0.2, -0.15) is 0 Å². The summed E-state index contributed by atoms with van der Waals surface area (Å²) in [7, 11) is -3.22. The average Bonchev–Trinajstić information content (AvgIpc) is 2.99. The van der Waals surface area contributed by atoms with E-state index in [9.17, 15) is 13.2 Å². The molecular formula is C18H27N3O3S. The van der Waals surface area contributed by atoms with Crippen molar-refractivity contribution in [3.8, 4) is 0 Å². The molecule has 25 heavy (non-hydrogen) atoms. The fourth-order valence-electron chi connectivity index (χ4n) is 3.59. The highest BCUT2D eigenvalue weighted by atomic mass is 32.2. The fourth-order valence-corrected chi connectivity index (χ4v) is 5.15. The van der Waals surface area contributed by atoms with Gasteiger partial charge in [0, 0.05) is 25.2 Å². The van der Waals surface area contributed by atoms with E-state index in [2.05, 4.69) is 12.2 Å². The number of likely N-dealkylation sites (tertiary alicyclic amines) is 1. The molecular weight excluding hydrogens is 338 g/mol. The molecule has 0 aromatic heterocycles. The summed E-state index contributed by atoms with van der Waals surface area (Å²) in [6.45, 7) is 6.12. The first kappa shape index (κ1) is 18.2. The van der Waals surface area contributed by atoms with Gasteiger partial charge in [0.25, 0.3) is 5.91 Å². The summed E-state index contributed by atoms with van der Waals surface area (Å²) in [5.41, 5.74) is 1.18. The number of hydrogen-bond donors (Lipinski definition) is 1. The third-order valence-electron chi connectivity index (χ3n) is 5.07. The maximum Gasteiger partial charge on any atom is 0.253 e. The molecule has 0 bridgehead atoms. The average molecular weight is 365 g/mol. The van der Waals surface area contributed by atoms with Crippen molar-refractivity contribution >= 4 is 21.6 Å². The number of carbonyl (C=O) groups excluding carboxylic acids is 1. The zero-order valence-electron chi connectivity index (χ0n) is 14.8. The van der Waals surface area contributed by atoms with Gasteiger partial charge in [-0.25, -0.2) is 8.42 Å². The van der Waals surface area contributed by atoms with Crippen molar-refractivity contribution in [3.05, 3.63) is 29.8 Å². The lowest BCUT2D eigenvalue weighted by Gasteiger charge is -2.32. The van der Waals surface area contributed by atoms with E-state index in [0.717, 1.165) is 39.0 Å². The molecule has 138 valence electrons. The van der Waals surface area contributed by atoms with Gasteiger partial charge >= 0.3 is 0 Å². The van der Waals surface area contributed by atoms with Crippen LogP contribution in [0, 0.1) is 5.92 Å². The molecule has 3 rings (SSSR count). The van der Waals surface area contributed by atoms with Crippen LogP contribution in [0.1, 0.15) is 36.5 Å². The summed E-state index contributed by atoms with van der Waals surface area (Å²) in [6, 6.07) is 7.03. The zero-order valence-corrected chi connectivity index (χ0v) is 15.6. The third-order valence-corrected chi connectivity index (χ3v) is 6.93. The largest absolute Gasteiger partial charge is 0.339 e. The van der Waals surface area contributed by atoms with Crippen LogP contribution in [0.15, 0.2) is 24.3 Å². The molecule has 7 heteroatoms. The van der Waals surface area contributed by atoms with Crippen molar-refractivity contribution in [2.75, 3.05) is 42.8 Å². The van der Waals surface area contributed by atoms with E-state index in [0.29, 0.717) is 30.1 Å². The molecule has 1 aromatic carbocycles. The number of benzene rings is 1. The van der Waals surface area contributed by atoms with Crippen LogP contribution in [0.4, 0.5) is 5.69 Å². The van der Waals surface area contributed by atoms with E-state index in [-0.39, 0.29) is 11.7 Å². The van der Waals surface area contributed by atoms with Crippen molar-refractivity contribution in [3.63, 3.8) is 0 Å². The lowest BCUT2D eigenvalue weighted by atomic mass is 9.96. The summed E-state index contributed by atoms with van der Waals surface area (Å²) in [5, 5.41) is 3.37. The second-order valence-corrected chi connectivity index (χ2v) is 8.85. The molecule has 1 amide bonds. The molecule has 0 aliphatic carbocycles. The van der Waals surface area contributed by atoms with Gasteiger partial charge in [-0.05, 0) is 56.5 Å². The number of nitrogens with zero attached hydrogens (tertiary/aromatic N) is 2. The lowest BCUT2D eigenvalue weighted by molar-refractivity contribution is 0.0690. The Labute approximate surface area is 150 Å². The minimum Gasteiger partial charge on any atom is -0.339 e. The fraction of sp³-hybridized carbons (Fsp3) is 0.611. The molecule has 2 heterocycles. The molecule has 1 N–H and O–H groups in total. The first-order valence-electron chi connectivity index (χ1n) is 9.11. The molecule has 0 radical (unpaired) electrons. The highest BCUT2D eigenvalue weighted by Crippen LogP contribution is 2.26. The molecule has 6 nitrogen and oxygen atoms in total. The minimum atomic E-state index is -3.22. The number of anilines is 1. The van der Waals surface area contributed by atoms with E-state index in [1.807, 2.05) is 4.90 Å². The Morgan fingerprint density at radius 3 is 2.64 bits per heavy atom. The van der Waals surface area contributed by atoms with Gasteiger partial charge in [-0.15, -0.1) is 0 Å². The summed E-state index contributed by atoms with van der Waals surface area (Å²) in [6.07, 6.45) is 2.66. The summed E-state index contributed by atoms with van der Waals surface area (Å²) in [4.78, 5) is 14.7. The standard InChI is InChI=1S/C18H27N3O3S/c1-2-19-14-15-7-10-20(11-8-15)18(22)16-5-3-6-17(13-16)21-9-4-12-25(21,23)24/h3,5-6,13,15,19H,2,4,7-12,14H2,1H3. The van der Waals surface area contributed by atoms with Crippen LogP contribution < -0.4 is 9.62 Å². The molecule has 2 fully saturated rings. The maximum atomic E-state index is 12.8. The smallest absolute Gasteiger partial charge is 0.253 e. The first-order valence-corrected chi connectivity index (χ1v) is 10.7. The molecule has 0 unspecified atom stereocenters. The number of sulfonamides is 1. The maximum absolute atomic E-state index is 12.8. The van der Waals surface area contributed by atoms with E-state index in [4.69, 9.17) is 0 Å². The number of carbonyl (C=O) groups is 1. The molecule has 2 saturated heterocycles. The van der Waals surface area contributed by atoms with Gasteiger partial charge < -0.3 is 10.2 Å². The Balaban J connectivity index is 1.66. The predicted octanol–water partition coefficient (Wildman–Crippen LogP) is 1.69. The Kier molecular flexibility index (Phi) is 5.64. The number of piperidine rings is 1. The van der Waals surface area contributed by atoms with Crippen LogP contribution in [-0.4, -0.2) is 57.7 Å². The van der Waals surface area contributed by atoms with E-state index in [1.165, 1.54) is 4.31 Å². The van der Waals surface area contributed by atoms with Gasteiger partial charge in [-0.1, -0.05) is 13.0 Å². The van der Waals surface area contributed by atoms with Crippen molar-refractivity contribution in [1.82, 2.24) is 10.2 Å². The van der Waals surface area contributed by atoms with E-state index >= 15 is 0 Å². The van der Waals surface area contributed by atoms with Gasteiger partial charge in [0.2, 0.25) is 10.0 Å². The Bertz CT molecular complexity index is 712. The summed E-state index contributed by atoms with van der Waals surface area (Å²) >= 11 is 0. The summed E-state index contributed by atoms with van der Waals surface area (Å²) in [5.74, 6) is 0.815. The number of amides is 1. The van der Waals surface area contributed by atoms with Crippen LogP contribution >= 0.6 is 0 Å². The van der Waals surface area contributed by atoms with Crippen LogP contribution in [0.3, 0.4) is 0 Å². The Hall–Kier alpha value is -1.60. The molecule has 0 saturated carbocycles. The second kappa shape index (κ2) is 7.74. The third kappa shape index (κ3) is 4.15. The Morgan fingerprint density at radius 1 is 1.24 bits per heavy atom. The highest BCUT2D eigenvalue weighted by Gasteiger charge is 2.29. The van der Waals surface area contributed by atoms with Crippen molar-refractivity contribution in [2.24, 2.45) is 5.92 Å². The van der Waals surface area contributed by atoms with Crippen LogP contribution in [0.25, 0.3) is 0 Å². The second-order valence-electron chi connectivity index (χ2n) is 6.84. The number of hydrogen-bond acceptors (Lipinski definition) is 4. The SMILES string of the molecule is CCNCC1CCN(C(=O)c2cccc(N3CCCS3(=O)=O)c2)CC1. The zero-order chi connectivity index (χ0) is 17.9. The monoisotopic (exact) mass is 365 g/mol. The molecule has 0 spiro atoms. The van der Waals surface area contributed by atoms with Crippen LogP contribution in [0.5, 0.6) is 0 Å². The minimum absolute atomic E-state index is 0.000320. The normalized spacial score (nSPS) is 20.8. The van der Waals surface area contributed by atoms with E-state index in [1.54, 1.807) is 24.3 Å². The lowest BCUT2D eigenvalue weighted by Crippen LogP contribution is -2.40. The van der Waals surface area contributed by atoms with Crippen molar-refractivity contribution in [1.29, 1.82) is 0 Å². The van der Waals surface area contributed by atoms with Gasteiger partial charge in [0.05, 0.1) is 11.4 Å². The molecule has 1 aromatic rings. The topological polar surface area (TPSA) is 69.7 Å². The van der Waals surface area contributed by atoms with Gasteiger partial charge in [-0.3, -0.25) is 9.10 Å². The molecule has 0 atom stereocenters. The van der Waals surface area contributed by atoms with Crippen LogP contribution in [0.2, 0.25) is 0 Å². The predicted molar refractivity (Wildman–Crippen MR) is 99.4 cm³/mol. The quantitative estimate of drug-likeness (QED) is 0.862.